The average Bonchev–Trinajstić information content (AvgIpc) is 3.01. The molecule has 3 rings (SSSR count). The van der Waals surface area contributed by atoms with Gasteiger partial charge in [-0.05, 0) is 43.2 Å². The summed E-state index contributed by atoms with van der Waals surface area (Å²) in [7, 11) is 1.55. The van der Waals surface area contributed by atoms with E-state index in [2.05, 4.69) is 5.32 Å². The van der Waals surface area contributed by atoms with E-state index in [1.54, 1.807) is 25.3 Å². The van der Waals surface area contributed by atoms with Crippen LogP contribution in [-0.2, 0) is 4.79 Å². The molecule has 4 atom stereocenters. The highest BCUT2D eigenvalue weighted by Gasteiger charge is 2.49. The number of amides is 1. The summed E-state index contributed by atoms with van der Waals surface area (Å²) in [6.07, 6.45) is 3.40. The first-order valence-electron chi connectivity index (χ1n) is 7.00. The highest BCUT2D eigenvalue weighted by molar-refractivity contribution is 6.32. The molecule has 2 saturated carbocycles. The maximum atomic E-state index is 12.4. The molecular weight excluding hydrogens is 276 g/mol. The second kappa shape index (κ2) is 5.26. The lowest BCUT2D eigenvalue weighted by atomic mass is 9.84. The van der Waals surface area contributed by atoms with Crippen LogP contribution in [0.15, 0.2) is 18.2 Å². The molecule has 2 aliphatic carbocycles. The van der Waals surface area contributed by atoms with Gasteiger partial charge in [-0.15, -0.1) is 0 Å². The Bertz CT molecular complexity index is 533. The zero-order valence-electron chi connectivity index (χ0n) is 11.4. The van der Waals surface area contributed by atoms with Crippen molar-refractivity contribution in [2.24, 2.45) is 23.5 Å². The average molecular weight is 295 g/mol. The summed E-state index contributed by atoms with van der Waals surface area (Å²) in [5.74, 6) is 1.49. The number of anilines is 1. The first kappa shape index (κ1) is 13.7. The van der Waals surface area contributed by atoms with Crippen LogP contribution >= 0.6 is 11.6 Å². The summed E-state index contributed by atoms with van der Waals surface area (Å²) in [6.45, 7) is 0. The Morgan fingerprint density at radius 1 is 1.40 bits per heavy atom. The second-order valence-corrected chi connectivity index (χ2v) is 6.18. The van der Waals surface area contributed by atoms with Gasteiger partial charge in [-0.3, -0.25) is 4.79 Å². The van der Waals surface area contributed by atoms with E-state index in [-0.39, 0.29) is 17.9 Å². The van der Waals surface area contributed by atoms with Gasteiger partial charge in [0.15, 0.2) is 0 Å². The number of carbonyl (C=O) groups excluding carboxylic acids is 1. The number of ether oxygens (including phenoxy) is 1. The van der Waals surface area contributed by atoms with Gasteiger partial charge in [-0.25, -0.2) is 0 Å². The highest BCUT2D eigenvalue weighted by Crippen LogP contribution is 2.48. The molecule has 1 amide bonds. The number of hydrogen-bond donors (Lipinski definition) is 2. The third-order valence-corrected chi connectivity index (χ3v) is 5.01. The maximum absolute atomic E-state index is 12.4. The van der Waals surface area contributed by atoms with Gasteiger partial charge in [0.25, 0.3) is 0 Å². The Morgan fingerprint density at radius 3 is 2.80 bits per heavy atom. The molecule has 3 N–H and O–H groups in total. The summed E-state index contributed by atoms with van der Waals surface area (Å²) < 4.78 is 5.16. The van der Waals surface area contributed by atoms with Crippen LogP contribution in [0.2, 0.25) is 5.02 Å². The minimum absolute atomic E-state index is 0.00273. The summed E-state index contributed by atoms with van der Waals surface area (Å²) in [6, 6.07) is 5.24. The highest BCUT2D eigenvalue weighted by atomic mass is 35.5. The molecule has 0 aromatic heterocycles. The molecule has 2 aliphatic rings. The molecule has 2 bridgehead atoms. The van der Waals surface area contributed by atoms with Crippen molar-refractivity contribution in [1.29, 1.82) is 0 Å². The number of hydrogen-bond acceptors (Lipinski definition) is 3. The number of nitrogens with one attached hydrogen (secondary N) is 1. The Hall–Kier alpha value is -1.26. The van der Waals surface area contributed by atoms with Crippen molar-refractivity contribution in [3.63, 3.8) is 0 Å². The quantitative estimate of drug-likeness (QED) is 0.901. The van der Waals surface area contributed by atoms with Gasteiger partial charge in [0.1, 0.15) is 5.75 Å². The van der Waals surface area contributed by atoms with Crippen molar-refractivity contribution in [3.05, 3.63) is 23.2 Å². The van der Waals surface area contributed by atoms with E-state index < -0.39 is 0 Å². The molecular formula is C15H19ClN2O2. The van der Waals surface area contributed by atoms with E-state index in [4.69, 9.17) is 22.1 Å². The first-order chi connectivity index (χ1) is 9.60. The normalized spacial score (nSPS) is 31.4. The fraction of sp³-hybridized carbons (Fsp3) is 0.533. The maximum Gasteiger partial charge on any atom is 0.229 e. The van der Waals surface area contributed by atoms with Crippen LogP contribution in [-0.4, -0.2) is 19.1 Å². The fourth-order valence-electron chi connectivity index (χ4n) is 3.69. The number of fused-ring (bicyclic) bond motifs is 2. The zero-order chi connectivity index (χ0) is 14.3. The summed E-state index contributed by atoms with van der Waals surface area (Å²) in [5, 5.41) is 3.47. The van der Waals surface area contributed by atoms with Gasteiger partial charge in [-0.2, -0.15) is 0 Å². The van der Waals surface area contributed by atoms with Crippen LogP contribution in [0.25, 0.3) is 0 Å². The van der Waals surface area contributed by atoms with Gasteiger partial charge in [-0.1, -0.05) is 11.6 Å². The number of rotatable bonds is 3. The lowest BCUT2D eigenvalue weighted by Gasteiger charge is -2.27. The van der Waals surface area contributed by atoms with Crippen molar-refractivity contribution in [2.75, 3.05) is 12.4 Å². The Kier molecular flexibility index (Phi) is 3.61. The molecule has 2 fully saturated rings. The van der Waals surface area contributed by atoms with Crippen LogP contribution < -0.4 is 15.8 Å². The Morgan fingerprint density at radius 2 is 2.15 bits per heavy atom. The lowest BCUT2D eigenvalue weighted by molar-refractivity contribution is -0.121. The van der Waals surface area contributed by atoms with Gasteiger partial charge < -0.3 is 15.8 Å². The second-order valence-electron chi connectivity index (χ2n) is 5.77. The number of carbonyl (C=O) groups is 1. The van der Waals surface area contributed by atoms with E-state index in [0.717, 1.165) is 12.8 Å². The third kappa shape index (κ3) is 2.27. The van der Waals surface area contributed by atoms with Crippen LogP contribution in [0.3, 0.4) is 0 Å². The number of methoxy groups -OCH3 is 1. The van der Waals surface area contributed by atoms with E-state index in [1.807, 2.05) is 0 Å². The molecule has 0 saturated heterocycles. The van der Waals surface area contributed by atoms with Crippen molar-refractivity contribution in [3.8, 4) is 5.75 Å². The Labute approximate surface area is 123 Å². The number of benzene rings is 1. The van der Waals surface area contributed by atoms with Gasteiger partial charge in [0.2, 0.25) is 5.91 Å². The number of nitrogens with two attached hydrogens (primary N) is 1. The summed E-state index contributed by atoms with van der Waals surface area (Å²) in [4.78, 5) is 12.4. The third-order valence-electron chi connectivity index (χ3n) is 4.70. The summed E-state index contributed by atoms with van der Waals surface area (Å²) in [5.41, 5.74) is 6.89. The minimum Gasteiger partial charge on any atom is -0.495 e. The molecule has 5 heteroatoms. The van der Waals surface area contributed by atoms with E-state index in [9.17, 15) is 4.79 Å². The van der Waals surface area contributed by atoms with Crippen molar-refractivity contribution in [2.45, 2.75) is 25.3 Å². The van der Waals surface area contributed by atoms with Crippen molar-refractivity contribution in [1.82, 2.24) is 0 Å². The SMILES string of the molecule is COc1cc(NC(=O)C2C3CCC(C3)C2N)ccc1Cl. The molecule has 0 spiro atoms. The van der Waals surface area contributed by atoms with Gasteiger partial charge >= 0.3 is 0 Å². The van der Waals surface area contributed by atoms with Crippen LogP contribution in [0.4, 0.5) is 5.69 Å². The molecule has 0 aliphatic heterocycles. The standard InChI is InChI=1S/C15H19ClN2O2/c1-20-12-7-10(4-5-11(12)16)18-15(19)13-8-2-3-9(6-8)14(13)17/h4-5,7-9,13-14H,2-3,6,17H2,1H3,(H,18,19). The number of halogens is 1. The lowest BCUT2D eigenvalue weighted by Crippen LogP contribution is -2.42. The smallest absolute Gasteiger partial charge is 0.229 e. The Balaban J connectivity index is 1.73. The van der Waals surface area contributed by atoms with Crippen LogP contribution in [0.5, 0.6) is 5.75 Å². The van der Waals surface area contributed by atoms with Gasteiger partial charge in [0.05, 0.1) is 18.1 Å². The predicted octanol–water partition coefficient (Wildman–Crippen LogP) is 2.66. The largest absolute Gasteiger partial charge is 0.495 e. The summed E-state index contributed by atoms with van der Waals surface area (Å²) >= 11 is 5.98. The topological polar surface area (TPSA) is 64.3 Å². The molecule has 1 aromatic rings. The van der Waals surface area contributed by atoms with Crippen LogP contribution in [0, 0.1) is 17.8 Å². The predicted molar refractivity (Wildman–Crippen MR) is 78.9 cm³/mol. The van der Waals surface area contributed by atoms with Crippen molar-refractivity contribution < 1.29 is 9.53 Å². The molecule has 0 heterocycles. The molecule has 4 nitrogen and oxygen atoms in total. The van der Waals surface area contributed by atoms with Gasteiger partial charge in [0, 0.05) is 17.8 Å². The van der Waals surface area contributed by atoms with E-state index >= 15 is 0 Å². The first-order valence-corrected chi connectivity index (χ1v) is 7.38. The molecule has 20 heavy (non-hydrogen) atoms. The molecule has 0 radical (unpaired) electrons. The molecule has 108 valence electrons. The monoisotopic (exact) mass is 294 g/mol. The van der Waals surface area contributed by atoms with E-state index in [0.29, 0.717) is 28.3 Å². The minimum atomic E-state index is -0.0598. The fourth-order valence-corrected chi connectivity index (χ4v) is 3.88. The van der Waals surface area contributed by atoms with Crippen molar-refractivity contribution >= 4 is 23.2 Å². The molecule has 4 unspecified atom stereocenters. The zero-order valence-corrected chi connectivity index (χ0v) is 12.2. The molecule has 1 aromatic carbocycles. The van der Waals surface area contributed by atoms with Crippen LogP contribution in [0.1, 0.15) is 19.3 Å². The van der Waals surface area contributed by atoms with E-state index in [1.165, 1.54) is 6.42 Å².